The molecule has 0 aromatic carbocycles. The zero-order valence-electron chi connectivity index (χ0n) is 15.3. The number of amides is 1. The van der Waals surface area contributed by atoms with Gasteiger partial charge in [0.1, 0.15) is 5.76 Å². The smallest absolute Gasteiger partial charge is 0.223 e. The molecule has 0 saturated carbocycles. The maximum absolute atomic E-state index is 12.4. The van der Waals surface area contributed by atoms with Crippen molar-refractivity contribution in [2.24, 2.45) is 5.92 Å². The fourth-order valence-corrected chi connectivity index (χ4v) is 3.59. The highest BCUT2D eigenvalue weighted by molar-refractivity contribution is 5.79. The highest BCUT2D eigenvalue weighted by Crippen LogP contribution is 2.27. The molecule has 1 aliphatic rings. The van der Waals surface area contributed by atoms with Crippen molar-refractivity contribution in [2.75, 3.05) is 24.5 Å². The second-order valence-corrected chi connectivity index (χ2v) is 6.82. The molecular formula is C21H24N4O2. The number of hydrogen-bond acceptors (Lipinski definition) is 4. The standard InChI is InChI=1S/C21H24N4O2/c26-21(23-11-7-18-5-4-16-27-18)17-8-14-25(15-9-17)20-19(6-3-10-22-20)24-12-1-2-13-24/h1-6,10,12-13,16-17H,7-9,11,14-15H2,(H,23,26). The van der Waals surface area contributed by atoms with Crippen LogP contribution < -0.4 is 10.2 Å². The second kappa shape index (κ2) is 8.12. The molecule has 0 aliphatic carbocycles. The molecule has 1 aliphatic heterocycles. The normalized spacial score (nSPS) is 15.0. The van der Waals surface area contributed by atoms with E-state index in [-0.39, 0.29) is 11.8 Å². The molecule has 1 fully saturated rings. The van der Waals surface area contributed by atoms with Gasteiger partial charge in [0.15, 0.2) is 5.82 Å². The van der Waals surface area contributed by atoms with Gasteiger partial charge >= 0.3 is 0 Å². The van der Waals surface area contributed by atoms with Crippen LogP contribution in [0, 0.1) is 5.92 Å². The van der Waals surface area contributed by atoms with Gasteiger partial charge in [0.2, 0.25) is 5.91 Å². The van der Waals surface area contributed by atoms with E-state index in [1.807, 2.05) is 48.9 Å². The Labute approximate surface area is 158 Å². The summed E-state index contributed by atoms with van der Waals surface area (Å²) in [6, 6.07) is 11.9. The number of piperidine rings is 1. The van der Waals surface area contributed by atoms with Crippen LogP contribution in [0.3, 0.4) is 0 Å². The summed E-state index contributed by atoms with van der Waals surface area (Å²) >= 11 is 0. The predicted molar refractivity (Wildman–Crippen MR) is 104 cm³/mol. The highest BCUT2D eigenvalue weighted by atomic mass is 16.3. The van der Waals surface area contributed by atoms with Crippen LogP contribution >= 0.6 is 0 Å². The predicted octanol–water partition coefficient (Wildman–Crippen LogP) is 3.04. The number of carbonyl (C=O) groups excluding carboxylic acids is 1. The van der Waals surface area contributed by atoms with Crippen molar-refractivity contribution in [3.63, 3.8) is 0 Å². The van der Waals surface area contributed by atoms with Gasteiger partial charge in [-0.05, 0) is 49.2 Å². The third kappa shape index (κ3) is 4.05. The van der Waals surface area contributed by atoms with Gasteiger partial charge in [-0.15, -0.1) is 0 Å². The molecule has 0 unspecified atom stereocenters. The number of anilines is 1. The van der Waals surface area contributed by atoms with Crippen LogP contribution in [0.4, 0.5) is 5.82 Å². The first-order valence-electron chi connectivity index (χ1n) is 9.44. The van der Waals surface area contributed by atoms with Crippen LogP contribution in [0.5, 0.6) is 0 Å². The minimum atomic E-state index is 0.0663. The average molecular weight is 364 g/mol. The zero-order chi connectivity index (χ0) is 18.5. The maximum Gasteiger partial charge on any atom is 0.223 e. The lowest BCUT2D eigenvalue weighted by Gasteiger charge is -2.33. The van der Waals surface area contributed by atoms with Crippen LogP contribution in [-0.2, 0) is 11.2 Å². The van der Waals surface area contributed by atoms with Gasteiger partial charge in [-0.1, -0.05) is 0 Å². The fourth-order valence-electron chi connectivity index (χ4n) is 3.59. The maximum atomic E-state index is 12.4. The monoisotopic (exact) mass is 364 g/mol. The van der Waals surface area contributed by atoms with Gasteiger partial charge in [0.05, 0.1) is 12.0 Å². The number of nitrogens with one attached hydrogen (secondary N) is 1. The largest absolute Gasteiger partial charge is 0.469 e. The van der Waals surface area contributed by atoms with E-state index in [4.69, 9.17) is 4.42 Å². The molecule has 140 valence electrons. The van der Waals surface area contributed by atoms with Gasteiger partial charge in [0.25, 0.3) is 0 Å². The molecule has 3 aromatic heterocycles. The molecular weight excluding hydrogens is 340 g/mol. The molecule has 0 spiro atoms. The number of rotatable bonds is 6. The van der Waals surface area contributed by atoms with Crippen LogP contribution in [0.25, 0.3) is 5.69 Å². The summed E-state index contributed by atoms with van der Waals surface area (Å²) in [5.41, 5.74) is 1.07. The van der Waals surface area contributed by atoms with E-state index < -0.39 is 0 Å². The number of aromatic nitrogens is 2. The van der Waals surface area contributed by atoms with Gasteiger partial charge in [-0.25, -0.2) is 4.98 Å². The quantitative estimate of drug-likeness (QED) is 0.730. The lowest BCUT2D eigenvalue weighted by atomic mass is 9.95. The van der Waals surface area contributed by atoms with Gasteiger partial charge in [0, 0.05) is 50.6 Å². The average Bonchev–Trinajstić information content (AvgIpc) is 3.42. The Bertz CT molecular complexity index is 850. The van der Waals surface area contributed by atoms with Crippen molar-refractivity contribution >= 4 is 11.7 Å². The zero-order valence-corrected chi connectivity index (χ0v) is 15.3. The molecule has 1 amide bonds. The molecule has 4 heterocycles. The van der Waals surface area contributed by atoms with Crippen molar-refractivity contribution < 1.29 is 9.21 Å². The van der Waals surface area contributed by atoms with Crippen molar-refractivity contribution in [3.8, 4) is 5.69 Å². The number of hydrogen-bond donors (Lipinski definition) is 1. The fraction of sp³-hybridized carbons (Fsp3) is 0.333. The summed E-state index contributed by atoms with van der Waals surface area (Å²) in [4.78, 5) is 19.3. The van der Waals surface area contributed by atoms with Gasteiger partial charge in [-0.2, -0.15) is 0 Å². The SMILES string of the molecule is O=C(NCCc1ccco1)C1CCN(c2ncccc2-n2cccc2)CC1. The van der Waals surface area contributed by atoms with Gasteiger partial charge < -0.3 is 19.2 Å². The molecule has 6 heteroatoms. The molecule has 4 rings (SSSR count). The Kier molecular flexibility index (Phi) is 5.23. The van der Waals surface area contributed by atoms with E-state index in [0.29, 0.717) is 6.54 Å². The second-order valence-electron chi connectivity index (χ2n) is 6.82. The van der Waals surface area contributed by atoms with Crippen molar-refractivity contribution in [3.05, 3.63) is 67.0 Å². The number of pyridine rings is 1. The third-order valence-electron chi connectivity index (χ3n) is 5.06. The Balaban J connectivity index is 1.32. The van der Waals surface area contributed by atoms with E-state index in [2.05, 4.69) is 25.8 Å². The van der Waals surface area contributed by atoms with Crippen LogP contribution in [0.1, 0.15) is 18.6 Å². The Morgan fingerprint density at radius 3 is 2.70 bits per heavy atom. The number of furan rings is 1. The Morgan fingerprint density at radius 1 is 1.15 bits per heavy atom. The minimum Gasteiger partial charge on any atom is -0.469 e. The van der Waals surface area contributed by atoms with Crippen LogP contribution in [0.15, 0.2) is 65.7 Å². The molecule has 0 bridgehead atoms. The molecule has 3 aromatic rings. The summed E-state index contributed by atoms with van der Waals surface area (Å²) < 4.78 is 7.38. The lowest BCUT2D eigenvalue weighted by Crippen LogP contribution is -2.41. The van der Waals surface area contributed by atoms with E-state index in [1.54, 1.807) is 6.26 Å². The topological polar surface area (TPSA) is 63.3 Å². The molecule has 0 radical (unpaired) electrons. The van der Waals surface area contributed by atoms with Crippen LogP contribution in [-0.4, -0.2) is 35.1 Å². The van der Waals surface area contributed by atoms with E-state index in [1.165, 1.54) is 0 Å². The van der Waals surface area contributed by atoms with E-state index >= 15 is 0 Å². The molecule has 1 N–H and O–H groups in total. The molecule has 27 heavy (non-hydrogen) atoms. The Hall–Kier alpha value is -3.02. The summed E-state index contributed by atoms with van der Waals surface area (Å²) in [6.45, 7) is 2.29. The Morgan fingerprint density at radius 2 is 1.96 bits per heavy atom. The summed E-state index contributed by atoms with van der Waals surface area (Å²) in [7, 11) is 0. The first-order valence-corrected chi connectivity index (χ1v) is 9.44. The third-order valence-corrected chi connectivity index (χ3v) is 5.06. The summed E-state index contributed by atoms with van der Waals surface area (Å²) in [6.07, 6.45) is 9.95. The van der Waals surface area contributed by atoms with Crippen molar-refractivity contribution in [1.82, 2.24) is 14.9 Å². The molecule has 0 atom stereocenters. The molecule has 6 nitrogen and oxygen atoms in total. The van der Waals surface area contributed by atoms with E-state index in [0.717, 1.165) is 49.6 Å². The van der Waals surface area contributed by atoms with Gasteiger partial charge in [-0.3, -0.25) is 4.79 Å². The highest BCUT2D eigenvalue weighted by Gasteiger charge is 2.26. The number of nitrogens with zero attached hydrogens (tertiary/aromatic N) is 3. The summed E-state index contributed by atoms with van der Waals surface area (Å²) in [5, 5.41) is 3.04. The first-order chi connectivity index (χ1) is 13.3. The lowest BCUT2D eigenvalue weighted by molar-refractivity contribution is -0.125. The minimum absolute atomic E-state index is 0.0663. The summed E-state index contributed by atoms with van der Waals surface area (Å²) in [5.74, 6) is 2.09. The van der Waals surface area contributed by atoms with Crippen LogP contribution in [0.2, 0.25) is 0 Å². The van der Waals surface area contributed by atoms with E-state index in [9.17, 15) is 4.79 Å². The first kappa shape index (κ1) is 17.4. The molecule has 1 saturated heterocycles. The van der Waals surface area contributed by atoms with Crippen molar-refractivity contribution in [2.45, 2.75) is 19.3 Å². The van der Waals surface area contributed by atoms with Crippen molar-refractivity contribution in [1.29, 1.82) is 0 Å². The number of carbonyl (C=O) groups is 1.